The van der Waals surface area contributed by atoms with E-state index in [0.717, 1.165) is 0 Å². The van der Waals surface area contributed by atoms with E-state index in [1.54, 1.807) is 13.0 Å². The lowest BCUT2D eigenvalue weighted by Crippen LogP contribution is -2.38. The second kappa shape index (κ2) is 3.95. The molecule has 76 valence electrons. The van der Waals surface area contributed by atoms with Crippen molar-refractivity contribution in [3.05, 3.63) is 23.7 Å². The Morgan fingerprint density at radius 3 is 2.64 bits per heavy atom. The van der Waals surface area contributed by atoms with Crippen LogP contribution in [0.2, 0.25) is 0 Å². The normalized spacial score (nSPS) is 12.1. The highest BCUT2D eigenvalue weighted by molar-refractivity contribution is 5.95. The zero-order chi connectivity index (χ0) is 10.7. The fourth-order valence-corrected chi connectivity index (χ4v) is 0.929. The molecule has 0 aromatic carbocycles. The van der Waals surface area contributed by atoms with Crippen molar-refractivity contribution in [3.8, 4) is 0 Å². The number of carboxylic acid groups (broad SMARTS) is 1. The van der Waals surface area contributed by atoms with Gasteiger partial charge in [0.05, 0.1) is 6.26 Å². The quantitative estimate of drug-likeness (QED) is 0.750. The second-order valence-corrected chi connectivity index (χ2v) is 2.97. The summed E-state index contributed by atoms with van der Waals surface area (Å²) in [4.78, 5) is 21.8. The van der Waals surface area contributed by atoms with E-state index in [4.69, 9.17) is 9.52 Å². The molecule has 0 bridgehead atoms. The summed E-state index contributed by atoms with van der Waals surface area (Å²) < 4.78 is 4.90. The van der Waals surface area contributed by atoms with Crippen LogP contribution in [0, 0.1) is 6.92 Å². The van der Waals surface area contributed by atoms with Gasteiger partial charge in [0.15, 0.2) is 5.76 Å². The molecule has 1 rings (SSSR count). The number of aliphatic carboxylic acids is 1. The average Bonchev–Trinajstić information content (AvgIpc) is 2.51. The van der Waals surface area contributed by atoms with Crippen LogP contribution >= 0.6 is 0 Å². The van der Waals surface area contributed by atoms with Gasteiger partial charge in [-0.05, 0) is 19.9 Å². The number of amides is 1. The summed E-state index contributed by atoms with van der Waals surface area (Å²) in [6.45, 7) is 3.10. The van der Waals surface area contributed by atoms with E-state index in [-0.39, 0.29) is 5.76 Å². The molecule has 0 aliphatic carbocycles. The maximum Gasteiger partial charge on any atom is 0.325 e. The number of hydrogen-bond acceptors (Lipinski definition) is 3. The van der Waals surface area contributed by atoms with Gasteiger partial charge in [-0.15, -0.1) is 0 Å². The first-order valence-electron chi connectivity index (χ1n) is 4.10. The Hall–Kier alpha value is -1.78. The smallest absolute Gasteiger partial charge is 0.325 e. The van der Waals surface area contributed by atoms with Gasteiger partial charge in [0, 0.05) is 5.56 Å². The highest BCUT2D eigenvalue weighted by Gasteiger charge is 2.18. The van der Waals surface area contributed by atoms with Crippen LogP contribution in [-0.2, 0) is 4.79 Å². The summed E-state index contributed by atoms with van der Waals surface area (Å²) in [6.07, 6.45) is 1.38. The molecule has 1 heterocycles. The maximum absolute atomic E-state index is 11.4. The van der Waals surface area contributed by atoms with Gasteiger partial charge in [0.25, 0.3) is 5.91 Å². The van der Waals surface area contributed by atoms with Crippen molar-refractivity contribution in [3.63, 3.8) is 0 Å². The minimum Gasteiger partial charge on any atom is -0.480 e. The van der Waals surface area contributed by atoms with Crippen LogP contribution in [0.3, 0.4) is 0 Å². The molecule has 0 aliphatic heterocycles. The third-order valence-corrected chi connectivity index (χ3v) is 1.79. The molecule has 1 aromatic heterocycles. The van der Waals surface area contributed by atoms with Crippen molar-refractivity contribution >= 4 is 11.9 Å². The number of rotatable bonds is 3. The van der Waals surface area contributed by atoms with Crippen LogP contribution in [0.5, 0.6) is 0 Å². The van der Waals surface area contributed by atoms with E-state index < -0.39 is 17.9 Å². The first-order chi connectivity index (χ1) is 6.52. The number of nitrogens with one attached hydrogen (secondary N) is 1. The Bertz CT molecular complexity index is 355. The number of furan rings is 1. The lowest BCUT2D eigenvalue weighted by atomic mass is 10.2. The van der Waals surface area contributed by atoms with Gasteiger partial charge >= 0.3 is 5.97 Å². The molecule has 14 heavy (non-hydrogen) atoms. The van der Waals surface area contributed by atoms with Gasteiger partial charge in [-0.1, -0.05) is 0 Å². The van der Waals surface area contributed by atoms with E-state index in [1.165, 1.54) is 13.2 Å². The van der Waals surface area contributed by atoms with Gasteiger partial charge in [0.2, 0.25) is 0 Å². The van der Waals surface area contributed by atoms with Gasteiger partial charge < -0.3 is 14.8 Å². The SMILES string of the molecule is Cc1ccoc1C(=O)N[C@@H](C)C(=O)O. The number of aryl methyl sites for hydroxylation is 1. The molecular formula is C9H11NO4. The summed E-state index contributed by atoms with van der Waals surface area (Å²) in [5, 5.41) is 10.8. The molecule has 0 saturated heterocycles. The summed E-state index contributed by atoms with van der Waals surface area (Å²) in [7, 11) is 0. The topological polar surface area (TPSA) is 79.5 Å². The number of carbonyl (C=O) groups is 2. The first kappa shape index (κ1) is 10.3. The lowest BCUT2D eigenvalue weighted by Gasteiger charge is -2.07. The standard InChI is InChI=1S/C9H11NO4/c1-5-3-4-14-7(5)8(11)10-6(2)9(12)13/h3-4,6H,1-2H3,(H,10,11)(H,12,13)/t6-/m0/s1. The van der Waals surface area contributed by atoms with Crippen molar-refractivity contribution < 1.29 is 19.1 Å². The molecule has 2 N–H and O–H groups in total. The van der Waals surface area contributed by atoms with Crippen LogP contribution in [0.4, 0.5) is 0 Å². The third kappa shape index (κ3) is 2.12. The Labute approximate surface area is 80.7 Å². The van der Waals surface area contributed by atoms with Crippen molar-refractivity contribution in [1.82, 2.24) is 5.32 Å². The van der Waals surface area contributed by atoms with Crippen molar-refractivity contribution in [2.75, 3.05) is 0 Å². The van der Waals surface area contributed by atoms with E-state index in [2.05, 4.69) is 5.32 Å². The molecule has 5 nitrogen and oxygen atoms in total. The fraction of sp³-hybridized carbons (Fsp3) is 0.333. The molecule has 1 aromatic rings. The van der Waals surface area contributed by atoms with E-state index in [0.29, 0.717) is 5.56 Å². The largest absolute Gasteiger partial charge is 0.480 e. The molecule has 1 amide bonds. The molecule has 0 spiro atoms. The predicted molar refractivity (Wildman–Crippen MR) is 48.0 cm³/mol. The van der Waals surface area contributed by atoms with Crippen LogP contribution in [-0.4, -0.2) is 23.0 Å². The summed E-state index contributed by atoms with van der Waals surface area (Å²) in [5.41, 5.74) is 0.681. The number of carbonyl (C=O) groups excluding carboxylic acids is 1. The molecule has 0 aliphatic rings. The minimum absolute atomic E-state index is 0.151. The molecule has 0 fully saturated rings. The van der Waals surface area contributed by atoms with E-state index in [9.17, 15) is 9.59 Å². The number of carboxylic acids is 1. The summed E-state index contributed by atoms with van der Waals surface area (Å²) in [5.74, 6) is -1.44. The predicted octanol–water partition coefficient (Wildman–Crippen LogP) is 0.791. The highest BCUT2D eigenvalue weighted by Crippen LogP contribution is 2.08. The highest BCUT2D eigenvalue weighted by atomic mass is 16.4. The van der Waals surface area contributed by atoms with Gasteiger partial charge in [-0.3, -0.25) is 9.59 Å². The van der Waals surface area contributed by atoms with Gasteiger partial charge in [-0.25, -0.2) is 0 Å². The van der Waals surface area contributed by atoms with Crippen molar-refractivity contribution in [2.24, 2.45) is 0 Å². The zero-order valence-electron chi connectivity index (χ0n) is 7.90. The van der Waals surface area contributed by atoms with Crippen LogP contribution in [0.25, 0.3) is 0 Å². The first-order valence-corrected chi connectivity index (χ1v) is 4.10. The van der Waals surface area contributed by atoms with E-state index in [1.807, 2.05) is 0 Å². The third-order valence-electron chi connectivity index (χ3n) is 1.79. The Kier molecular flexibility index (Phi) is 2.91. The fourth-order valence-electron chi connectivity index (χ4n) is 0.929. The molecule has 1 atom stereocenters. The van der Waals surface area contributed by atoms with Gasteiger partial charge in [-0.2, -0.15) is 0 Å². The average molecular weight is 197 g/mol. The molecule has 0 saturated carbocycles. The van der Waals surface area contributed by atoms with Crippen molar-refractivity contribution in [2.45, 2.75) is 19.9 Å². The maximum atomic E-state index is 11.4. The summed E-state index contributed by atoms with van der Waals surface area (Å²) >= 11 is 0. The Morgan fingerprint density at radius 2 is 2.21 bits per heavy atom. The van der Waals surface area contributed by atoms with Crippen LogP contribution in [0.1, 0.15) is 23.0 Å². The van der Waals surface area contributed by atoms with Gasteiger partial charge in [0.1, 0.15) is 6.04 Å². The van der Waals surface area contributed by atoms with Crippen molar-refractivity contribution in [1.29, 1.82) is 0 Å². The second-order valence-electron chi connectivity index (χ2n) is 2.97. The van der Waals surface area contributed by atoms with E-state index >= 15 is 0 Å². The molecule has 5 heteroatoms. The monoisotopic (exact) mass is 197 g/mol. The van der Waals surface area contributed by atoms with Crippen LogP contribution in [0.15, 0.2) is 16.7 Å². The van der Waals surface area contributed by atoms with Crippen LogP contribution < -0.4 is 5.32 Å². The molecular weight excluding hydrogens is 186 g/mol. The summed E-state index contributed by atoms with van der Waals surface area (Å²) in [6, 6.07) is 0.715. The Morgan fingerprint density at radius 1 is 1.57 bits per heavy atom. The zero-order valence-corrected chi connectivity index (χ0v) is 7.90. The molecule has 0 unspecified atom stereocenters. The minimum atomic E-state index is -1.08. The lowest BCUT2D eigenvalue weighted by molar-refractivity contribution is -0.138. The number of hydrogen-bond donors (Lipinski definition) is 2. The Balaban J connectivity index is 2.69. The molecule has 0 radical (unpaired) electrons.